The van der Waals surface area contributed by atoms with Crippen LogP contribution in [0.2, 0.25) is 0 Å². The fraction of sp³-hybridized carbons (Fsp3) is 0.688. The first-order valence-corrected chi connectivity index (χ1v) is 8.67. The number of carbonyl (C=O) groups is 2. The summed E-state index contributed by atoms with van der Waals surface area (Å²) in [7, 11) is 0. The van der Waals surface area contributed by atoms with Gasteiger partial charge in [-0.2, -0.15) is 0 Å². The van der Waals surface area contributed by atoms with Crippen molar-refractivity contribution in [1.29, 1.82) is 0 Å². The predicted octanol–water partition coefficient (Wildman–Crippen LogP) is 2.93. The van der Waals surface area contributed by atoms with Gasteiger partial charge in [0.15, 0.2) is 5.13 Å². The second kappa shape index (κ2) is 6.77. The Hall–Kier alpha value is -1.43. The van der Waals surface area contributed by atoms with E-state index in [0.29, 0.717) is 17.5 Å². The molecule has 0 radical (unpaired) electrons. The van der Waals surface area contributed by atoms with Gasteiger partial charge in [-0.05, 0) is 18.8 Å². The van der Waals surface area contributed by atoms with E-state index in [1.165, 1.54) is 11.3 Å². The zero-order valence-electron chi connectivity index (χ0n) is 13.8. The Bertz CT molecular complexity index is 540. The van der Waals surface area contributed by atoms with Gasteiger partial charge in [-0.15, -0.1) is 11.3 Å². The zero-order chi connectivity index (χ0) is 16.3. The molecule has 2 rings (SSSR count). The zero-order valence-corrected chi connectivity index (χ0v) is 14.6. The van der Waals surface area contributed by atoms with Crippen LogP contribution in [0.5, 0.6) is 0 Å². The highest BCUT2D eigenvalue weighted by Crippen LogP contribution is 2.22. The first-order chi connectivity index (χ1) is 10.3. The number of carbonyl (C=O) groups excluding carboxylic acids is 2. The monoisotopic (exact) mass is 323 g/mol. The van der Waals surface area contributed by atoms with Gasteiger partial charge >= 0.3 is 0 Å². The second-order valence-electron chi connectivity index (χ2n) is 7.09. The van der Waals surface area contributed by atoms with Crippen LogP contribution in [0.1, 0.15) is 46.2 Å². The molecule has 1 aromatic rings. The van der Waals surface area contributed by atoms with Crippen LogP contribution in [0.15, 0.2) is 5.38 Å². The maximum absolute atomic E-state index is 12.3. The molecule has 0 aromatic carbocycles. The SMILES string of the molecule is CC1CCN(C(=O)Cc2csc(NC(=O)C(C)(C)C)n2)CC1. The average molecular weight is 323 g/mol. The third-order valence-corrected chi connectivity index (χ3v) is 4.73. The summed E-state index contributed by atoms with van der Waals surface area (Å²) in [4.78, 5) is 30.5. The van der Waals surface area contributed by atoms with E-state index < -0.39 is 5.41 Å². The van der Waals surface area contributed by atoms with E-state index in [-0.39, 0.29) is 11.8 Å². The average Bonchev–Trinajstić information content (AvgIpc) is 2.85. The molecule has 0 atom stereocenters. The van der Waals surface area contributed by atoms with Gasteiger partial charge in [-0.3, -0.25) is 9.59 Å². The van der Waals surface area contributed by atoms with Crippen LogP contribution in [0.25, 0.3) is 0 Å². The lowest BCUT2D eigenvalue weighted by Gasteiger charge is -2.30. The van der Waals surface area contributed by atoms with Gasteiger partial charge in [-0.1, -0.05) is 27.7 Å². The van der Waals surface area contributed by atoms with Gasteiger partial charge in [-0.25, -0.2) is 4.98 Å². The maximum atomic E-state index is 12.3. The largest absolute Gasteiger partial charge is 0.342 e. The molecule has 1 aliphatic heterocycles. The first kappa shape index (κ1) is 16.9. The van der Waals surface area contributed by atoms with E-state index in [9.17, 15) is 9.59 Å². The molecule has 0 saturated carbocycles. The van der Waals surface area contributed by atoms with Crippen LogP contribution in [0.3, 0.4) is 0 Å². The van der Waals surface area contributed by atoms with Gasteiger partial charge in [0.1, 0.15) is 0 Å². The molecule has 0 unspecified atom stereocenters. The highest BCUT2D eigenvalue weighted by molar-refractivity contribution is 7.13. The van der Waals surface area contributed by atoms with E-state index >= 15 is 0 Å². The van der Waals surface area contributed by atoms with Crippen molar-refractivity contribution in [3.63, 3.8) is 0 Å². The van der Waals surface area contributed by atoms with Crippen molar-refractivity contribution < 1.29 is 9.59 Å². The van der Waals surface area contributed by atoms with E-state index in [4.69, 9.17) is 0 Å². The standard InChI is InChI=1S/C16H25N3O2S/c1-11-5-7-19(8-6-11)13(20)9-12-10-22-15(17-12)18-14(21)16(2,3)4/h10-11H,5-9H2,1-4H3,(H,17,18,21). The number of aromatic nitrogens is 1. The molecule has 1 N–H and O–H groups in total. The van der Waals surface area contributed by atoms with Crippen molar-refractivity contribution in [1.82, 2.24) is 9.88 Å². The molecule has 5 nitrogen and oxygen atoms in total. The highest BCUT2D eigenvalue weighted by atomic mass is 32.1. The third kappa shape index (κ3) is 4.53. The van der Waals surface area contributed by atoms with Gasteiger partial charge in [0.25, 0.3) is 0 Å². The van der Waals surface area contributed by atoms with Crippen LogP contribution in [0.4, 0.5) is 5.13 Å². The molecule has 122 valence electrons. The van der Waals surface area contributed by atoms with Crippen LogP contribution >= 0.6 is 11.3 Å². The molecule has 6 heteroatoms. The number of rotatable bonds is 3. The molecular formula is C16H25N3O2S. The molecule has 22 heavy (non-hydrogen) atoms. The number of thiazole rings is 1. The number of hydrogen-bond donors (Lipinski definition) is 1. The topological polar surface area (TPSA) is 62.3 Å². The van der Waals surface area contributed by atoms with E-state index in [1.807, 2.05) is 31.1 Å². The molecule has 0 bridgehead atoms. The Morgan fingerprint density at radius 1 is 1.36 bits per heavy atom. The Balaban J connectivity index is 1.89. The number of nitrogens with zero attached hydrogens (tertiary/aromatic N) is 2. The molecule has 1 aromatic heterocycles. The van der Waals surface area contributed by atoms with Gasteiger partial charge < -0.3 is 10.2 Å². The lowest BCUT2D eigenvalue weighted by Crippen LogP contribution is -2.38. The Morgan fingerprint density at radius 3 is 2.59 bits per heavy atom. The van der Waals surface area contributed by atoms with Crippen LogP contribution < -0.4 is 5.32 Å². The van der Waals surface area contributed by atoms with Crippen molar-refractivity contribution in [3.05, 3.63) is 11.1 Å². The number of piperidine rings is 1. The maximum Gasteiger partial charge on any atom is 0.231 e. The van der Waals surface area contributed by atoms with E-state index in [0.717, 1.165) is 31.6 Å². The summed E-state index contributed by atoms with van der Waals surface area (Å²) in [6, 6.07) is 0. The lowest BCUT2D eigenvalue weighted by molar-refractivity contribution is -0.131. The van der Waals surface area contributed by atoms with Gasteiger partial charge in [0.2, 0.25) is 11.8 Å². The van der Waals surface area contributed by atoms with Crippen molar-refractivity contribution >= 4 is 28.3 Å². The molecule has 2 heterocycles. The fourth-order valence-corrected chi connectivity index (χ4v) is 2.96. The summed E-state index contributed by atoms with van der Waals surface area (Å²) in [5.74, 6) is 0.776. The summed E-state index contributed by atoms with van der Waals surface area (Å²) in [6.45, 7) is 9.50. The van der Waals surface area contributed by atoms with Gasteiger partial charge in [0.05, 0.1) is 12.1 Å². The summed E-state index contributed by atoms with van der Waals surface area (Å²) < 4.78 is 0. The normalized spacial score (nSPS) is 16.6. The quantitative estimate of drug-likeness (QED) is 0.930. The minimum Gasteiger partial charge on any atom is -0.342 e. The molecular weight excluding hydrogens is 298 g/mol. The Kier molecular flexibility index (Phi) is 5.21. The number of amides is 2. The van der Waals surface area contributed by atoms with Crippen molar-refractivity contribution in [2.24, 2.45) is 11.3 Å². The van der Waals surface area contributed by atoms with E-state index in [1.54, 1.807) is 0 Å². The molecule has 1 aliphatic rings. The summed E-state index contributed by atoms with van der Waals surface area (Å²) in [6.07, 6.45) is 2.47. The van der Waals surface area contributed by atoms with Crippen molar-refractivity contribution in [2.75, 3.05) is 18.4 Å². The molecule has 0 spiro atoms. The summed E-state index contributed by atoms with van der Waals surface area (Å²) >= 11 is 1.37. The summed E-state index contributed by atoms with van der Waals surface area (Å²) in [5, 5.41) is 5.22. The number of nitrogens with one attached hydrogen (secondary N) is 1. The second-order valence-corrected chi connectivity index (χ2v) is 7.95. The van der Waals surface area contributed by atoms with Gasteiger partial charge in [0, 0.05) is 23.9 Å². The first-order valence-electron chi connectivity index (χ1n) is 7.79. The summed E-state index contributed by atoms with van der Waals surface area (Å²) in [5.41, 5.74) is 0.282. The Labute approximate surface area is 136 Å². The highest BCUT2D eigenvalue weighted by Gasteiger charge is 2.23. The number of likely N-dealkylation sites (tertiary alicyclic amines) is 1. The minimum absolute atomic E-state index is 0.0651. The minimum atomic E-state index is -0.452. The molecule has 1 saturated heterocycles. The fourth-order valence-electron chi connectivity index (χ4n) is 2.25. The number of hydrogen-bond acceptors (Lipinski definition) is 4. The smallest absolute Gasteiger partial charge is 0.231 e. The molecule has 1 fully saturated rings. The van der Waals surface area contributed by atoms with Crippen LogP contribution in [0, 0.1) is 11.3 Å². The third-order valence-electron chi connectivity index (χ3n) is 3.92. The van der Waals surface area contributed by atoms with Crippen molar-refractivity contribution in [3.8, 4) is 0 Å². The van der Waals surface area contributed by atoms with Crippen LogP contribution in [-0.4, -0.2) is 34.8 Å². The Morgan fingerprint density at radius 2 is 2.00 bits per heavy atom. The molecule has 0 aliphatic carbocycles. The molecule has 2 amide bonds. The van der Waals surface area contributed by atoms with E-state index in [2.05, 4.69) is 17.2 Å². The predicted molar refractivity (Wildman–Crippen MR) is 88.9 cm³/mol. The van der Waals surface area contributed by atoms with Crippen molar-refractivity contribution in [2.45, 2.75) is 47.0 Å². The van der Waals surface area contributed by atoms with Crippen LogP contribution in [-0.2, 0) is 16.0 Å². The number of anilines is 1. The lowest BCUT2D eigenvalue weighted by atomic mass is 9.96.